The molecule has 0 unspecified atom stereocenters. The van der Waals surface area contributed by atoms with Gasteiger partial charge in [0.05, 0.1) is 5.69 Å². The number of aryl methyl sites for hydroxylation is 1. The number of nitrogens with zero attached hydrogens (tertiary/aromatic N) is 3. The summed E-state index contributed by atoms with van der Waals surface area (Å²) in [6.45, 7) is 3.86. The van der Waals surface area contributed by atoms with Crippen LogP contribution in [0.4, 0.5) is 0 Å². The number of aromatic nitrogens is 2. The van der Waals surface area contributed by atoms with Gasteiger partial charge in [0.15, 0.2) is 0 Å². The van der Waals surface area contributed by atoms with Crippen molar-refractivity contribution < 1.29 is 4.79 Å². The number of carbonyl (C=O) groups excluding carboxylic acids is 1. The van der Waals surface area contributed by atoms with E-state index in [9.17, 15) is 4.79 Å². The lowest BCUT2D eigenvalue weighted by atomic mass is 9.92. The standard InChI is InChI=1S/C21H23N3O/c1-16-9-12-24-19(15-22-20(24)13-16)18(17-7-3-2-4-8-17)14-21(25)23-10-5-6-11-23/h2-4,7-9,12-13,15,18H,5-6,10-11,14H2,1H3/t18-/m1/s1. The van der Waals surface area contributed by atoms with E-state index in [1.807, 2.05) is 29.3 Å². The molecule has 25 heavy (non-hydrogen) atoms. The fourth-order valence-electron chi connectivity index (χ4n) is 3.71. The molecule has 3 aromatic rings. The molecular weight excluding hydrogens is 310 g/mol. The van der Waals surface area contributed by atoms with Gasteiger partial charge in [-0.05, 0) is 43.0 Å². The first-order valence-corrected chi connectivity index (χ1v) is 8.99. The molecule has 0 saturated carbocycles. The Labute approximate surface area is 148 Å². The monoisotopic (exact) mass is 333 g/mol. The topological polar surface area (TPSA) is 37.6 Å². The summed E-state index contributed by atoms with van der Waals surface area (Å²) >= 11 is 0. The summed E-state index contributed by atoms with van der Waals surface area (Å²) in [7, 11) is 0. The summed E-state index contributed by atoms with van der Waals surface area (Å²) in [5.41, 5.74) is 4.37. The Bertz CT molecular complexity index is 879. The van der Waals surface area contributed by atoms with Gasteiger partial charge in [-0.15, -0.1) is 0 Å². The molecule has 4 heteroatoms. The van der Waals surface area contributed by atoms with E-state index in [0.717, 1.165) is 42.8 Å². The molecule has 0 bridgehead atoms. The van der Waals surface area contributed by atoms with Crippen molar-refractivity contribution in [3.8, 4) is 0 Å². The summed E-state index contributed by atoms with van der Waals surface area (Å²) in [6.07, 6.45) is 6.71. The van der Waals surface area contributed by atoms with E-state index in [1.165, 1.54) is 5.56 Å². The van der Waals surface area contributed by atoms with Gasteiger partial charge in [0, 0.05) is 37.8 Å². The van der Waals surface area contributed by atoms with Gasteiger partial charge in [0.2, 0.25) is 5.91 Å². The molecule has 0 spiro atoms. The third kappa shape index (κ3) is 3.16. The fraction of sp³-hybridized carbons (Fsp3) is 0.333. The highest BCUT2D eigenvalue weighted by atomic mass is 16.2. The van der Waals surface area contributed by atoms with Gasteiger partial charge in [-0.25, -0.2) is 4.98 Å². The Kier molecular flexibility index (Phi) is 4.26. The number of pyridine rings is 1. The lowest BCUT2D eigenvalue weighted by Gasteiger charge is -2.21. The Hall–Kier alpha value is -2.62. The average Bonchev–Trinajstić information content (AvgIpc) is 3.30. The molecule has 3 heterocycles. The number of fused-ring (bicyclic) bond motifs is 1. The van der Waals surface area contributed by atoms with Crippen LogP contribution in [0.3, 0.4) is 0 Å². The summed E-state index contributed by atoms with van der Waals surface area (Å²) < 4.78 is 2.11. The van der Waals surface area contributed by atoms with Crippen molar-refractivity contribution in [2.45, 2.75) is 32.1 Å². The average molecular weight is 333 g/mol. The lowest BCUT2D eigenvalue weighted by molar-refractivity contribution is -0.130. The van der Waals surface area contributed by atoms with Crippen LogP contribution in [-0.2, 0) is 4.79 Å². The second kappa shape index (κ2) is 6.71. The third-order valence-electron chi connectivity index (χ3n) is 5.09. The van der Waals surface area contributed by atoms with E-state index in [4.69, 9.17) is 0 Å². The molecule has 1 aromatic carbocycles. The molecule has 1 saturated heterocycles. The minimum absolute atomic E-state index is 0.0204. The second-order valence-corrected chi connectivity index (χ2v) is 6.87. The highest BCUT2D eigenvalue weighted by molar-refractivity contribution is 5.78. The summed E-state index contributed by atoms with van der Waals surface area (Å²) in [6, 6.07) is 14.5. The number of amides is 1. The quantitative estimate of drug-likeness (QED) is 0.728. The zero-order valence-electron chi connectivity index (χ0n) is 14.6. The number of hydrogen-bond donors (Lipinski definition) is 0. The molecule has 0 radical (unpaired) electrons. The first kappa shape index (κ1) is 15.9. The van der Waals surface area contributed by atoms with Gasteiger partial charge in [-0.3, -0.25) is 4.79 Å². The van der Waals surface area contributed by atoms with Crippen molar-refractivity contribution in [3.05, 3.63) is 71.7 Å². The van der Waals surface area contributed by atoms with Crippen LogP contribution < -0.4 is 0 Å². The predicted octanol–water partition coefficient (Wildman–Crippen LogP) is 3.79. The van der Waals surface area contributed by atoms with Crippen LogP contribution in [0.1, 0.15) is 42.0 Å². The lowest BCUT2D eigenvalue weighted by Crippen LogP contribution is -2.29. The van der Waals surface area contributed by atoms with Crippen LogP contribution in [-0.4, -0.2) is 33.3 Å². The van der Waals surface area contributed by atoms with E-state index in [-0.39, 0.29) is 11.8 Å². The molecule has 4 nitrogen and oxygen atoms in total. The summed E-state index contributed by atoms with van der Waals surface area (Å²) in [5, 5.41) is 0. The molecule has 2 aromatic heterocycles. The minimum atomic E-state index is 0.0204. The number of likely N-dealkylation sites (tertiary alicyclic amines) is 1. The molecule has 1 aliphatic heterocycles. The van der Waals surface area contributed by atoms with Gasteiger partial charge < -0.3 is 9.30 Å². The van der Waals surface area contributed by atoms with Crippen LogP contribution in [0.5, 0.6) is 0 Å². The Morgan fingerprint density at radius 2 is 1.92 bits per heavy atom. The maximum atomic E-state index is 12.8. The SMILES string of the molecule is Cc1ccn2c([C@H](CC(=O)N3CCCC3)c3ccccc3)cnc2c1. The second-order valence-electron chi connectivity index (χ2n) is 6.87. The fourth-order valence-corrected chi connectivity index (χ4v) is 3.71. The zero-order valence-corrected chi connectivity index (χ0v) is 14.6. The van der Waals surface area contributed by atoms with Crippen LogP contribution in [0.25, 0.3) is 5.65 Å². The molecule has 0 N–H and O–H groups in total. The molecule has 1 amide bonds. The molecule has 1 aliphatic rings. The largest absolute Gasteiger partial charge is 0.343 e. The van der Waals surface area contributed by atoms with Gasteiger partial charge in [-0.2, -0.15) is 0 Å². The highest BCUT2D eigenvalue weighted by Crippen LogP contribution is 2.30. The molecule has 1 fully saturated rings. The molecule has 0 aliphatic carbocycles. The third-order valence-corrected chi connectivity index (χ3v) is 5.09. The van der Waals surface area contributed by atoms with E-state index in [1.54, 1.807) is 0 Å². The smallest absolute Gasteiger partial charge is 0.223 e. The Balaban J connectivity index is 1.73. The summed E-state index contributed by atoms with van der Waals surface area (Å²) in [4.78, 5) is 19.4. The van der Waals surface area contributed by atoms with Crippen LogP contribution in [0.15, 0.2) is 54.9 Å². The zero-order chi connectivity index (χ0) is 17.2. The maximum Gasteiger partial charge on any atom is 0.223 e. The minimum Gasteiger partial charge on any atom is -0.343 e. The first-order valence-electron chi connectivity index (χ1n) is 8.99. The maximum absolute atomic E-state index is 12.8. The van der Waals surface area contributed by atoms with Gasteiger partial charge in [0.1, 0.15) is 5.65 Å². The molecule has 1 atom stereocenters. The normalized spacial score (nSPS) is 15.6. The van der Waals surface area contributed by atoms with Crippen molar-refractivity contribution in [2.24, 2.45) is 0 Å². The number of rotatable bonds is 4. The predicted molar refractivity (Wildman–Crippen MR) is 98.6 cm³/mol. The van der Waals surface area contributed by atoms with Crippen molar-refractivity contribution in [1.29, 1.82) is 0 Å². The molecule has 128 valence electrons. The number of carbonyl (C=O) groups is 1. The Morgan fingerprint density at radius 1 is 1.16 bits per heavy atom. The number of benzene rings is 1. The van der Waals surface area contributed by atoms with Gasteiger partial charge >= 0.3 is 0 Å². The Morgan fingerprint density at radius 3 is 2.68 bits per heavy atom. The van der Waals surface area contributed by atoms with Crippen molar-refractivity contribution in [1.82, 2.24) is 14.3 Å². The van der Waals surface area contributed by atoms with Crippen LogP contribution in [0.2, 0.25) is 0 Å². The first-order chi connectivity index (χ1) is 12.2. The highest BCUT2D eigenvalue weighted by Gasteiger charge is 2.25. The molecule has 4 rings (SSSR count). The van der Waals surface area contributed by atoms with Crippen molar-refractivity contribution in [2.75, 3.05) is 13.1 Å². The number of imidazole rings is 1. The van der Waals surface area contributed by atoms with Crippen molar-refractivity contribution in [3.63, 3.8) is 0 Å². The van der Waals surface area contributed by atoms with E-state index >= 15 is 0 Å². The molecular formula is C21H23N3O. The van der Waals surface area contributed by atoms with Gasteiger partial charge in [0.25, 0.3) is 0 Å². The van der Waals surface area contributed by atoms with Crippen molar-refractivity contribution >= 4 is 11.6 Å². The van der Waals surface area contributed by atoms with E-state index in [0.29, 0.717) is 6.42 Å². The van der Waals surface area contributed by atoms with Crippen LogP contribution >= 0.6 is 0 Å². The van der Waals surface area contributed by atoms with Crippen LogP contribution in [0, 0.1) is 6.92 Å². The van der Waals surface area contributed by atoms with E-state index < -0.39 is 0 Å². The number of hydrogen-bond acceptors (Lipinski definition) is 2. The van der Waals surface area contributed by atoms with Gasteiger partial charge in [-0.1, -0.05) is 30.3 Å². The van der Waals surface area contributed by atoms with E-state index in [2.05, 4.69) is 46.8 Å². The summed E-state index contributed by atoms with van der Waals surface area (Å²) in [5.74, 6) is 0.264.